The predicted molar refractivity (Wildman–Crippen MR) is 75.8 cm³/mol. The van der Waals surface area contributed by atoms with Crippen LogP contribution in [0.5, 0.6) is 0 Å². The number of carboxylic acid groups (broad SMARTS) is 1. The highest BCUT2D eigenvalue weighted by Gasteiger charge is 2.24. The molecule has 0 saturated carbocycles. The van der Waals surface area contributed by atoms with Crippen LogP contribution in [0.1, 0.15) is 12.0 Å². The molecule has 1 aromatic rings. The maximum absolute atomic E-state index is 11.9. The van der Waals surface area contributed by atoms with Gasteiger partial charge in [0, 0.05) is 19.4 Å². The Kier molecular flexibility index (Phi) is 5.05. The van der Waals surface area contributed by atoms with Gasteiger partial charge in [-0.2, -0.15) is 0 Å². The average Bonchev–Trinajstić information content (AvgIpc) is 2.84. The molecule has 0 bridgehead atoms. The second kappa shape index (κ2) is 6.99. The summed E-state index contributed by atoms with van der Waals surface area (Å²) in [4.78, 5) is 36.0. The van der Waals surface area contributed by atoms with E-state index in [1.165, 1.54) is 0 Å². The van der Waals surface area contributed by atoms with Crippen LogP contribution in [0.2, 0.25) is 0 Å². The maximum atomic E-state index is 11.9. The second-order valence-corrected chi connectivity index (χ2v) is 5.15. The molecule has 1 amide bonds. The minimum absolute atomic E-state index is 0.0598. The molecule has 6 heteroatoms. The number of benzene rings is 1. The molecule has 1 saturated heterocycles. The second-order valence-electron chi connectivity index (χ2n) is 5.15. The van der Waals surface area contributed by atoms with E-state index >= 15 is 0 Å². The number of carboxylic acids is 1. The molecule has 2 rings (SSSR count). The minimum Gasteiger partial charge on any atom is -0.480 e. The fourth-order valence-corrected chi connectivity index (χ4v) is 2.32. The van der Waals surface area contributed by atoms with Crippen LogP contribution in [0.4, 0.5) is 0 Å². The van der Waals surface area contributed by atoms with Gasteiger partial charge in [0.1, 0.15) is 11.8 Å². The van der Waals surface area contributed by atoms with Crippen molar-refractivity contribution in [1.82, 2.24) is 10.2 Å². The monoisotopic (exact) mass is 290 g/mol. The Labute approximate surface area is 122 Å². The van der Waals surface area contributed by atoms with Gasteiger partial charge in [0.25, 0.3) is 0 Å². The molecular formula is C15H18N2O4. The normalized spacial score (nSPS) is 16.7. The van der Waals surface area contributed by atoms with Crippen molar-refractivity contribution < 1.29 is 19.5 Å². The number of hydrogen-bond acceptors (Lipinski definition) is 4. The highest BCUT2D eigenvalue weighted by Crippen LogP contribution is 2.05. The number of aliphatic carboxylic acids is 1. The third-order valence-corrected chi connectivity index (χ3v) is 3.39. The Morgan fingerprint density at radius 1 is 1.29 bits per heavy atom. The van der Waals surface area contributed by atoms with Crippen LogP contribution in [-0.2, 0) is 20.8 Å². The Hall–Kier alpha value is -2.21. The molecule has 1 fully saturated rings. The highest BCUT2D eigenvalue weighted by atomic mass is 16.4. The predicted octanol–water partition coefficient (Wildman–Crippen LogP) is 0.0733. The molecule has 1 heterocycles. The van der Waals surface area contributed by atoms with Crippen molar-refractivity contribution in [3.05, 3.63) is 35.9 Å². The summed E-state index contributed by atoms with van der Waals surface area (Å²) in [5.74, 6) is -1.32. The Bertz CT molecular complexity index is 530. The van der Waals surface area contributed by atoms with Gasteiger partial charge < -0.3 is 10.4 Å². The molecule has 0 aliphatic carbocycles. The van der Waals surface area contributed by atoms with Crippen molar-refractivity contribution >= 4 is 17.7 Å². The van der Waals surface area contributed by atoms with E-state index in [1.54, 1.807) is 4.90 Å². The molecule has 1 aliphatic rings. The summed E-state index contributed by atoms with van der Waals surface area (Å²) in [6, 6.07) is 8.18. The van der Waals surface area contributed by atoms with Gasteiger partial charge in [-0.05, 0) is 5.56 Å². The van der Waals surface area contributed by atoms with Gasteiger partial charge in [-0.3, -0.25) is 14.5 Å². The topological polar surface area (TPSA) is 86.7 Å². The summed E-state index contributed by atoms with van der Waals surface area (Å²) < 4.78 is 0. The lowest BCUT2D eigenvalue weighted by molar-refractivity contribution is -0.142. The molecule has 112 valence electrons. The molecular weight excluding hydrogens is 272 g/mol. The molecule has 0 aromatic heterocycles. The van der Waals surface area contributed by atoms with E-state index in [1.807, 2.05) is 30.3 Å². The third-order valence-electron chi connectivity index (χ3n) is 3.39. The van der Waals surface area contributed by atoms with E-state index in [4.69, 9.17) is 0 Å². The number of rotatable bonds is 6. The van der Waals surface area contributed by atoms with E-state index in [9.17, 15) is 19.5 Å². The number of nitrogens with one attached hydrogen (secondary N) is 1. The van der Waals surface area contributed by atoms with Gasteiger partial charge in [-0.25, -0.2) is 4.79 Å². The number of ketones is 1. The molecule has 1 aromatic carbocycles. The zero-order valence-electron chi connectivity index (χ0n) is 11.6. The minimum atomic E-state index is -1.07. The van der Waals surface area contributed by atoms with Crippen molar-refractivity contribution in [3.8, 4) is 0 Å². The molecule has 0 spiro atoms. The lowest BCUT2D eigenvalue weighted by Crippen LogP contribution is -2.46. The van der Waals surface area contributed by atoms with E-state index in [-0.39, 0.29) is 31.2 Å². The summed E-state index contributed by atoms with van der Waals surface area (Å²) in [6.07, 6.45) is 0.695. The van der Waals surface area contributed by atoms with Gasteiger partial charge in [0.05, 0.1) is 13.1 Å². The van der Waals surface area contributed by atoms with Crippen LogP contribution in [0.3, 0.4) is 0 Å². The standard InChI is InChI=1S/C15H18N2O4/c18-12-6-7-17(9-12)10-14(19)16-13(15(20)21)8-11-4-2-1-3-5-11/h1-5,13H,6-10H2,(H,16,19)(H,20,21)/t13-/m0/s1. The SMILES string of the molecule is O=C1CCN(CC(=O)N[C@@H](Cc2ccccc2)C(=O)O)C1. The number of likely N-dealkylation sites (tertiary alicyclic amines) is 1. The number of hydrogen-bond donors (Lipinski definition) is 2. The third kappa shape index (κ3) is 4.68. The van der Waals surface area contributed by atoms with Gasteiger partial charge in [-0.1, -0.05) is 30.3 Å². The molecule has 6 nitrogen and oxygen atoms in total. The van der Waals surface area contributed by atoms with Crippen LogP contribution in [0, 0.1) is 0 Å². The first-order valence-electron chi connectivity index (χ1n) is 6.85. The van der Waals surface area contributed by atoms with E-state index in [0.717, 1.165) is 5.56 Å². The number of carbonyl (C=O) groups is 3. The molecule has 2 N–H and O–H groups in total. The van der Waals surface area contributed by atoms with E-state index < -0.39 is 12.0 Å². The van der Waals surface area contributed by atoms with Gasteiger partial charge in [0.15, 0.2) is 0 Å². The fraction of sp³-hybridized carbons (Fsp3) is 0.400. The van der Waals surface area contributed by atoms with Crippen molar-refractivity contribution in [2.75, 3.05) is 19.6 Å². The van der Waals surface area contributed by atoms with Gasteiger partial charge in [-0.15, -0.1) is 0 Å². The first kappa shape index (κ1) is 15.2. The van der Waals surface area contributed by atoms with Crippen LogP contribution in [0.15, 0.2) is 30.3 Å². The zero-order valence-corrected chi connectivity index (χ0v) is 11.6. The van der Waals surface area contributed by atoms with Crippen LogP contribution < -0.4 is 5.32 Å². The number of Topliss-reactive ketones (excluding diaryl/α,β-unsaturated/α-hetero) is 1. The van der Waals surface area contributed by atoms with Gasteiger partial charge in [0.2, 0.25) is 5.91 Å². The van der Waals surface area contributed by atoms with Crippen molar-refractivity contribution in [1.29, 1.82) is 0 Å². The lowest BCUT2D eigenvalue weighted by Gasteiger charge is -2.17. The molecule has 0 unspecified atom stereocenters. The first-order valence-corrected chi connectivity index (χ1v) is 6.85. The Morgan fingerprint density at radius 2 is 2.00 bits per heavy atom. The first-order chi connectivity index (χ1) is 10.0. The van der Waals surface area contributed by atoms with Crippen molar-refractivity contribution in [2.45, 2.75) is 18.9 Å². The zero-order chi connectivity index (χ0) is 15.2. The smallest absolute Gasteiger partial charge is 0.326 e. The summed E-state index contributed by atoms with van der Waals surface area (Å²) >= 11 is 0. The van der Waals surface area contributed by atoms with Crippen molar-refractivity contribution in [2.24, 2.45) is 0 Å². The van der Waals surface area contributed by atoms with E-state index in [0.29, 0.717) is 13.0 Å². The summed E-state index contributed by atoms with van der Waals surface area (Å²) in [6.45, 7) is 0.886. The average molecular weight is 290 g/mol. The Balaban J connectivity index is 1.88. The number of carbonyl (C=O) groups excluding carboxylic acids is 2. The number of amides is 1. The Morgan fingerprint density at radius 3 is 2.57 bits per heavy atom. The number of nitrogens with zero attached hydrogens (tertiary/aromatic N) is 1. The van der Waals surface area contributed by atoms with Gasteiger partial charge >= 0.3 is 5.97 Å². The largest absolute Gasteiger partial charge is 0.480 e. The van der Waals surface area contributed by atoms with Crippen LogP contribution in [0.25, 0.3) is 0 Å². The molecule has 1 atom stereocenters. The molecule has 1 aliphatic heterocycles. The fourth-order valence-electron chi connectivity index (χ4n) is 2.32. The summed E-state index contributed by atoms with van der Waals surface area (Å²) in [5.41, 5.74) is 0.849. The summed E-state index contributed by atoms with van der Waals surface area (Å²) in [7, 11) is 0. The maximum Gasteiger partial charge on any atom is 0.326 e. The van der Waals surface area contributed by atoms with Crippen molar-refractivity contribution in [3.63, 3.8) is 0 Å². The summed E-state index contributed by atoms with van der Waals surface area (Å²) in [5, 5.41) is 11.7. The van der Waals surface area contributed by atoms with Crippen LogP contribution in [-0.4, -0.2) is 53.3 Å². The molecule has 21 heavy (non-hydrogen) atoms. The van der Waals surface area contributed by atoms with Crippen LogP contribution >= 0.6 is 0 Å². The van der Waals surface area contributed by atoms with E-state index in [2.05, 4.69) is 5.32 Å². The molecule has 0 radical (unpaired) electrons. The lowest BCUT2D eigenvalue weighted by atomic mass is 10.1. The quantitative estimate of drug-likeness (QED) is 0.774. The highest BCUT2D eigenvalue weighted by molar-refractivity contribution is 5.87.